The van der Waals surface area contributed by atoms with Crippen molar-refractivity contribution in [2.45, 2.75) is 19.0 Å². The second-order valence-corrected chi connectivity index (χ2v) is 6.30. The van der Waals surface area contributed by atoms with E-state index in [1.807, 2.05) is 23.1 Å². The number of amides is 1. The molecule has 2 aromatic carbocycles. The third kappa shape index (κ3) is 2.76. The van der Waals surface area contributed by atoms with Crippen LogP contribution in [-0.2, 0) is 17.8 Å². The molecule has 2 atom stereocenters. The standard InChI is InChI=1S/C19H21N3O/c23-19(22-11-10-14-6-4-5-9-16(14)13-22)17-12-20-21-18(17)15-7-2-1-3-8-15/h1-9,17-18,20-21H,10-13H2. The fourth-order valence-electron chi connectivity index (χ4n) is 3.62. The molecular weight excluding hydrogens is 286 g/mol. The molecule has 4 rings (SSSR count). The molecule has 2 unspecified atom stereocenters. The van der Waals surface area contributed by atoms with E-state index in [0.717, 1.165) is 25.1 Å². The number of rotatable bonds is 2. The summed E-state index contributed by atoms with van der Waals surface area (Å²) in [6, 6.07) is 18.7. The molecule has 1 amide bonds. The highest BCUT2D eigenvalue weighted by Gasteiger charge is 2.37. The lowest BCUT2D eigenvalue weighted by atomic mass is 9.92. The number of carbonyl (C=O) groups is 1. The van der Waals surface area contributed by atoms with E-state index in [0.29, 0.717) is 6.54 Å². The first-order valence-electron chi connectivity index (χ1n) is 8.22. The average Bonchev–Trinajstić information content (AvgIpc) is 3.11. The fourth-order valence-corrected chi connectivity index (χ4v) is 3.62. The molecule has 4 heteroatoms. The summed E-state index contributed by atoms with van der Waals surface area (Å²) in [5.74, 6) is 0.188. The van der Waals surface area contributed by atoms with Crippen molar-refractivity contribution in [1.29, 1.82) is 0 Å². The Bertz CT molecular complexity index is 701. The van der Waals surface area contributed by atoms with Gasteiger partial charge in [-0.2, -0.15) is 0 Å². The summed E-state index contributed by atoms with van der Waals surface area (Å²) in [6.45, 7) is 2.22. The van der Waals surface area contributed by atoms with Crippen molar-refractivity contribution in [3.63, 3.8) is 0 Å². The number of hydrazine groups is 1. The first-order chi connectivity index (χ1) is 11.3. The summed E-state index contributed by atoms with van der Waals surface area (Å²) in [5, 5.41) is 0. The van der Waals surface area contributed by atoms with Gasteiger partial charge in [-0.1, -0.05) is 54.6 Å². The maximum absolute atomic E-state index is 13.0. The molecular formula is C19H21N3O. The molecule has 2 N–H and O–H groups in total. The van der Waals surface area contributed by atoms with Crippen LogP contribution in [0.5, 0.6) is 0 Å². The second kappa shape index (κ2) is 6.14. The zero-order valence-electron chi connectivity index (χ0n) is 13.0. The van der Waals surface area contributed by atoms with Gasteiger partial charge in [0.25, 0.3) is 0 Å². The van der Waals surface area contributed by atoms with Crippen LogP contribution in [0.2, 0.25) is 0 Å². The van der Waals surface area contributed by atoms with E-state index in [1.165, 1.54) is 11.1 Å². The van der Waals surface area contributed by atoms with E-state index < -0.39 is 0 Å². The quantitative estimate of drug-likeness (QED) is 0.892. The third-order valence-electron chi connectivity index (χ3n) is 4.90. The fraction of sp³-hybridized carbons (Fsp3) is 0.316. The molecule has 1 fully saturated rings. The molecule has 0 saturated carbocycles. The Morgan fingerprint density at radius 1 is 1.00 bits per heavy atom. The van der Waals surface area contributed by atoms with Gasteiger partial charge in [-0.05, 0) is 23.1 Å². The Morgan fingerprint density at radius 3 is 2.57 bits per heavy atom. The van der Waals surface area contributed by atoms with Crippen molar-refractivity contribution < 1.29 is 4.79 Å². The van der Waals surface area contributed by atoms with Crippen molar-refractivity contribution >= 4 is 5.91 Å². The van der Waals surface area contributed by atoms with Crippen molar-refractivity contribution in [1.82, 2.24) is 15.8 Å². The molecule has 1 saturated heterocycles. The minimum Gasteiger partial charge on any atom is -0.338 e. The number of carbonyl (C=O) groups excluding carboxylic acids is 1. The number of benzene rings is 2. The molecule has 2 aliphatic rings. The van der Waals surface area contributed by atoms with Crippen molar-refractivity contribution in [2.24, 2.45) is 5.92 Å². The number of nitrogens with zero attached hydrogens (tertiary/aromatic N) is 1. The Morgan fingerprint density at radius 2 is 1.74 bits per heavy atom. The maximum atomic E-state index is 13.0. The Kier molecular flexibility index (Phi) is 3.85. The third-order valence-corrected chi connectivity index (χ3v) is 4.90. The number of nitrogens with one attached hydrogen (secondary N) is 2. The molecule has 0 radical (unpaired) electrons. The summed E-state index contributed by atoms with van der Waals surface area (Å²) in [5.41, 5.74) is 10.2. The maximum Gasteiger partial charge on any atom is 0.229 e. The smallest absolute Gasteiger partial charge is 0.229 e. The summed E-state index contributed by atoms with van der Waals surface area (Å²) in [7, 11) is 0. The molecule has 0 bridgehead atoms. The molecule has 23 heavy (non-hydrogen) atoms. The summed E-state index contributed by atoms with van der Waals surface area (Å²) < 4.78 is 0. The van der Waals surface area contributed by atoms with E-state index in [1.54, 1.807) is 0 Å². The highest BCUT2D eigenvalue weighted by atomic mass is 16.2. The van der Waals surface area contributed by atoms with Crippen LogP contribution in [-0.4, -0.2) is 23.9 Å². The minimum absolute atomic E-state index is 0.0425. The van der Waals surface area contributed by atoms with Gasteiger partial charge >= 0.3 is 0 Å². The summed E-state index contributed by atoms with van der Waals surface area (Å²) in [6.07, 6.45) is 0.950. The molecule has 4 nitrogen and oxygen atoms in total. The first kappa shape index (κ1) is 14.4. The first-order valence-corrected chi connectivity index (χ1v) is 8.22. The largest absolute Gasteiger partial charge is 0.338 e. The molecule has 0 aromatic heterocycles. The molecule has 2 aromatic rings. The monoisotopic (exact) mass is 307 g/mol. The van der Waals surface area contributed by atoms with Crippen molar-refractivity contribution in [3.8, 4) is 0 Å². The Hall–Kier alpha value is -2.17. The molecule has 0 spiro atoms. The van der Waals surface area contributed by atoms with E-state index in [2.05, 4.69) is 47.2 Å². The highest BCUT2D eigenvalue weighted by molar-refractivity contribution is 5.80. The van der Waals surface area contributed by atoms with Gasteiger partial charge in [0.15, 0.2) is 0 Å². The van der Waals surface area contributed by atoms with Gasteiger partial charge in [0.05, 0.1) is 12.0 Å². The molecule has 2 heterocycles. The molecule has 0 aliphatic carbocycles. The van der Waals surface area contributed by atoms with Crippen LogP contribution in [0.25, 0.3) is 0 Å². The van der Waals surface area contributed by atoms with Gasteiger partial charge in [-0.3, -0.25) is 10.2 Å². The van der Waals surface area contributed by atoms with Gasteiger partial charge in [0, 0.05) is 19.6 Å². The second-order valence-electron chi connectivity index (χ2n) is 6.30. The number of hydrogen-bond donors (Lipinski definition) is 2. The number of fused-ring (bicyclic) bond motifs is 1. The highest BCUT2D eigenvalue weighted by Crippen LogP contribution is 2.28. The van der Waals surface area contributed by atoms with Crippen LogP contribution in [0, 0.1) is 5.92 Å². The van der Waals surface area contributed by atoms with Crippen LogP contribution in [0.4, 0.5) is 0 Å². The zero-order valence-corrected chi connectivity index (χ0v) is 13.0. The lowest BCUT2D eigenvalue weighted by Crippen LogP contribution is -2.42. The van der Waals surface area contributed by atoms with Gasteiger partial charge in [-0.25, -0.2) is 5.43 Å². The summed E-state index contributed by atoms with van der Waals surface area (Å²) in [4.78, 5) is 15.1. The lowest BCUT2D eigenvalue weighted by molar-refractivity contribution is -0.136. The van der Waals surface area contributed by atoms with Gasteiger partial charge < -0.3 is 4.90 Å². The Balaban J connectivity index is 1.53. The van der Waals surface area contributed by atoms with Gasteiger partial charge in [-0.15, -0.1) is 0 Å². The van der Waals surface area contributed by atoms with E-state index >= 15 is 0 Å². The van der Waals surface area contributed by atoms with Gasteiger partial charge in [0.1, 0.15) is 0 Å². The SMILES string of the molecule is O=C(C1CNNC1c1ccccc1)N1CCc2ccccc2C1. The van der Waals surface area contributed by atoms with Crippen LogP contribution < -0.4 is 10.9 Å². The average molecular weight is 307 g/mol. The van der Waals surface area contributed by atoms with E-state index in [4.69, 9.17) is 0 Å². The predicted octanol–water partition coefficient (Wildman–Crippen LogP) is 2.04. The summed E-state index contributed by atoms with van der Waals surface area (Å²) >= 11 is 0. The van der Waals surface area contributed by atoms with E-state index in [9.17, 15) is 4.79 Å². The predicted molar refractivity (Wildman–Crippen MR) is 89.4 cm³/mol. The van der Waals surface area contributed by atoms with Crippen molar-refractivity contribution in [2.75, 3.05) is 13.1 Å². The molecule has 2 aliphatic heterocycles. The lowest BCUT2D eigenvalue weighted by Gasteiger charge is -2.32. The minimum atomic E-state index is -0.0531. The normalized spacial score (nSPS) is 23.6. The van der Waals surface area contributed by atoms with E-state index in [-0.39, 0.29) is 17.9 Å². The van der Waals surface area contributed by atoms with Crippen LogP contribution in [0.15, 0.2) is 54.6 Å². The van der Waals surface area contributed by atoms with Gasteiger partial charge in [0.2, 0.25) is 5.91 Å². The molecule has 118 valence electrons. The zero-order chi connectivity index (χ0) is 15.6. The van der Waals surface area contributed by atoms with Crippen LogP contribution in [0.3, 0.4) is 0 Å². The van der Waals surface area contributed by atoms with Crippen LogP contribution >= 0.6 is 0 Å². The topological polar surface area (TPSA) is 44.4 Å². The number of hydrogen-bond acceptors (Lipinski definition) is 3. The Labute approximate surface area is 136 Å². The van der Waals surface area contributed by atoms with Crippen LogP contribution in [0.1, 0.15) is 22.7 Å². The van der Waals surface area contributed by atoms with Crippen molar-refractivity contribution in [3.05, 3.63) is 71.3 Å².